The molecule has 0 radical (unpaired) electrons. The van der Waals surface area contributed by atoms with Crippen LogP contribution in [-0.4, -0.2) is 7.11 Å². The summed E-state index contributed by atoms with van der Waals surface area (Å²) in [6.07, 6.45) is 0. The molecule has 0 aliphatic heterocycles. The molecule has 0 amide bonds. The van der Waals surface area contributed by atoms with Crippen LogP contribution in [-0.2, 0) is 13.2 Å². The Morgan fingerprint density at radius 2 is 1.79 bits per heavy atom. The number of benzene rings is 3. The number of hydrogen-bond donors (Lipinski definition) is 1. The molecule has 3 aromatic rings. The van der Waals surface area contributed by atoms with Crippen LogP contribution in [0.4, 0.5) is 4.39 Å². The van der Waals surface area contributed by atoms with E-state index in [0.717, 1.165) is 5.56 Å². The third kappa shape index (κ3) is 5.03. The Hall–Kier alpha value is -2.56. The Morgan fingerprint density at radius 1 is 1.00 bits per heavy atom. The normalized spacial score (nSPS) is 11.9. The van der Waals surface area contributed by atoms with Gasteiger partial charge in [-0.05, 0) is 30.7 Å². The van der Waals surface area contributed by atoms with Crippen molar-refractivity contribution in [3.8, 4) is 11.5 Å². The lowest BCUT2D eigenvalue weighted by Crippen LogP contribution is -2.18. The molecule has 146 valence electrons. The molecule has 1 N–H and O–H groups in total. The molecular weight excluding hydrogens is 377 g/mol. The number of methoxy groups -OCH3 is 1. The van der Waals surface area contributed by atoms with Crippen LogP contribution in [0.25, 0.3) is 0 Å². The molecule has 0 spiro atoms. The van der Waals surface area contributed by atoms with Crippen molar-refractivity contribution in [2.75, 3.05) is 7.11 Å². The lowest BCUT2D eigenvalue weighted by Gasteiger charge is -2.18. The second-order valence-corrected chi connectivity index (χ2v) is 6.89. The van der Waals surface area contributed by atoms with Crippen LogP contribution in [0, 0.1) is 5.82 Å². The van der Waals surface area contributed by atoms with Gasteiger partial charge in [0.05, 0.1) is 12.1 Å². The van der Waals surface area contributed by atoms with E-state index in [1.807, 2.05) is 36.4 Å². The highest BCUT2D eigenvalue weighted by Crippen LogP contribution is 2.33. The van der Waals surface area contributed by atoms with Crippen molar-refractivity contribution in [3.63, 3.8) is 0 Å². The predicted molar refractivity (Wildman–Crippen MR) is 110 cm³/mol. The maximum absolute atomic E-state index is 13.3. The van der Waals surface area contributed by atoms with E-state index in [0.29, 0.717) is 28.6 Å². The summed E-state index contributed by atoms with van der Waals surface area (Å²) in [6, 6.07) is 20.5. The minimum absolute atomic E-state index is 0.187. The Bertz CT molecular complexity index is 918. The van der Waals surface area contributed by atoms with Crippen LogP contribution < -0.4 is 14.8 Å². The highest BCUT2D eigenvalue weighted by atomic mass is 35.5. The molecule has 3 rings (SSSR count). The van der Waals surface area contributed by atoms with Gasteiger partial charge in [-0.15, -0.1) is 0 Å². The molecule has 1 atom stereocenters. The van der Waals surface area contributed by atoms with Crippen LogP contribution in [0.3, 0.4) is 0 Å². The summed E-state index contributed by atoms with van der Waals surface area (Å²) in [5.41, 5.74) is 2.90. The lowest BCUT2D eigenvalue weighted by atomic mass is 10.1. The van der Waals surface area contributed by atoms with Gasteiger partial charge in [-0.1, -0.05) is 60.1 Å². The first-order valence-corrected chi connectivity index (χ1v) is 9.47. The van der Waals surface area contributed by atoms with Gasteiger partial charge >= 0.3 is 0 Å². The molecule has 3 aromatic carbocycles. The molecule has 28 heavy (non-hydrogen) atoms. The molecule has 0 bridgehead atoms. The maximum atomic E-state index is 13.3. The van der Waals surface area contributed by atoms with Crippen LogP contribution in [0.2, 0.25) is 5.02 Å². The number of rotatable bonds is 8. The first-order valence-electron chi connectivity index (χ1n) is 9.09. The number of para-hydroxylation sites is 1. The highest BCUT2D eigenvalue weighted by Gasteiger charge is 2.13. The fourth-order valence-electron chi connectivity index (χ4n) is 2.94. The highest BCUT2D eigenvalue weighted by molar-refractivity contribution is 6.31. The zero-order valence-electron chi connectivity index (χ0n) is 15.9. The number of halogens is 2. The van der Waals surface area contributed by atoms with Gasteiger partial charge in [0, 0.05) is 23.7 Å². The maximum Gasteiger partial charge on any atom is 0.166 e. The molecule has 0 aromatic heterocycles. The minimum Gasteiger partial charge on any atom is -0.493 e. The fourth-order valence-corrected chi connectivity index (χ4v) is 3.16. The van der Waals surface area contributed by atoms with Crippen molar-refractivity contribution in [2.24, 2.45) is 0 Å². The minimum atomic E-state index is -0.370. The zero-order chi connectivity index (χ0) is 19.9. The monoisotopic (exact) mass is 399 g/mol. The van der Waals surface area contributed by atoms with E-state index in [4.69, 9.17) is 21.1 Å². The molecule has 0 aliphatic carbocycles. The van der Waals surface area contributed by atoms with E-state index in [1.54, 1.807) is 13.2 Å². The van der Waals surface area contributed by atoms with Gasteiger partial charge in [0.2, 0.25) is 0 Å². The van der Waals surface area contributed by atoms with Gasteiger partial charge < -0.3 is 14.8 Å². The first-order chi connectivity index (χ1) is 13.6. The number of ether oxygens (including phenoxy) is 2. The van der Waals surface area contributed by atoms with Crippen LogP contribution in [0.5, 0.6) is 11.5 Å². The summed E-state index contributed by atoms with van der Waals surface area (Å²) in [7, 11) is 1.61. The quantitative estimate of drug-likeness (QED) is 0.510. The molecule has 0 heterocycles. The summed E-state index contributed by atoms with van der Waals surface area (Å²) in [5, 5.41) is 3.85. The summed E-state index contributed by atoms with van der Waals surface area (Å²) >= 11 is 6.12. The molecule has 0 fully saturated rings. The average molecular weight is 400 g/mol. The molecule has 0 saturated carbocycles. The number of hydrogen-bond acceptors (Lipinski definition) is 3. The molecule has 3 nitrogen and oxygen atoms in total. The summed E-state index contributed by atoms with van der Waals surface area (Å²) in [5.74, 6) is 0.925. The van der Waals surface area contributed by atoms with Crippen molar-refractivity contribution in [3.05, 3.63) is 94.3 Å². The van der Waals surface area contributed by atoms with E-state index >= 15 is 0 Å². The van der Waals surface area contributed by atoms with Gasteiger partial charge in [-0.25, -0.2) is 4.39 Å². The summed E-state index contributed by atoms with van der Waals surface area (Å²) in [6.45, 7) is 2.95. The number of nitrogens with one attached hydrogen (secondary N) is 1. The third-order valence-electron chi connectivity index (χ3n) is 4.57. The molecule has 0 aliphatic rings. The Kier molecular flexibility index (Phi) is 6.90. The van der Waals surface area contributed by atoms with Crippen LogP contribution in [0.1, 0.15) is 29.7 Å². The standard InChI is InChI=1S/C23H23ClFNO2/c1-16(17-7-4-3-5-8-17)26-14-18-9-6-10-22(27-2)23(18)28-15-19-11-12-20(25)13-21(19)24/h3-13,16,26H,14-15H2,1-2H3/t16-/m1/s1. The SMILES string of the molecule is COc1cccc(CN[C@H](C)c2ccccc2)c1OCc1ccc(F)cc1Cl. The summed E-state index contributed by atoms with van der Waals surface area (Å²) < 4.78 is 24.8. The molecule has 0 saturated heterocycles. The van der Waals surface area contributed by atoms with E-state index in [-0.39, 0.29) is 18.5 Å². The Balaban J connectivity index is 1.74. The lowest BCUT2D eigenvalue weighted by molar-refractivity contribution is 0.280. The second kappa shape index (κ2) is 9.58. The fraction of sp³-hybridized carbons (Fsp3) is 0.217. The van der Waals surface area contributed by atoms with Gasteiger partial charge in [-0.2, -0.15) is 0 Å². The Morgan fingerprint density at radius 3 is 2.50 bits per heavy atom. The van der Waals surface area contributed by atoms with Crippen molar-refractivity contribution in [2.45, 2.75) is 26.1 Å². The molecular formula is C23H23ClFNO2. The van der Waals surface area contributed by atoms with E-state index in [9.17, 15) is 4.39 Å². The topological polar surface area (TPSA) is 30.5 Å². The van der Waals surface area contributed by atoms with Crippen molar-refractivity contribution >= 4 is 11.6 Å². The van der Waals surface area contributed by atoms with Crippen molar-refractivity contribution in [1.82, 2.24) is 5.32 Å². The molecule has 5 heteroatoms. The van der Waals surface area contributed by atoms with Gasteiger partial charge in [0.25, 0.3) is 0 Å². The van der Waals surface area contributed by atoms with Gasteiger partial charge in [0.15, 0.2) is 11.5 Å². The second-order valence-electron chi connectivity index (χ2n) is 6.49. The van der Waals surface area contributed by atoms with Crippen molar-refractivity contribution < 1.29 is 13.9 Å². The zero-order valence-corrected chi connectivity index (χ0v) is 16.7. The van der Waals surface area contributed by atoms with Crippen LogP contribution in [0.15, 0.2) is 66.7 Å². The smallest absolute Gasteiger partial charge is 0.166 e. The van der Waals surface area contributed by atoms with Gasteiger partial charge in [-0.3, -0.25) is 0 Å². The van der Waals surface area contributed by atoms with Crippen molar-refractivity contribution in [1.29, 1.82) is 0 Å². The van der Waals surface area contributed by atoms with E-state index in [1.165, 1.54) is 17.7 Å². The predicted octanol–water partition coefficient (Wildman–Crippen LogP) is 5.92. The van der Waals surface area contributed by atoms with Crippen LogP contribution >= 0.6 is 11.6 Å². The van der Waals surface area contributed by atoms with E-state index < -0.39 is 0 Å². The summed E-state index contributed by atoms with van der Waals surface area (Å²) in [4.78, 5) is 0. The largest absolute Gasteiger partial charge is 0.493 e. The first kappa shape index (κ1) is 20.2. The van der Waals surface area contributed by atoms with E-state index in [2.05, 4.69) is 24.4 Å². The van der Waals surface area contributed by atoms with Gasteiger partial charge in [0.1, 0.15) is 12.4 Å². The average Bonchev–Trinajstić information content (AvgIpc) is 2.72. The Labute approximate surface area is 170 Å². The molecule has 0 unspecified atom stereocenters. The third-order valence-corrected chi connectivity index (χ3v) is 4.92.